The molecule has 1 unspecified atom stereocenters. The fourth-order valence-electron chi connectivity index (χ4n) is 2.71. The van der Waals surface area contributed by atoms with E-state index in [0.717, 1.165) is 25.7 Å². The van der Waals surface area contributed by atoms with Gasteiger partial charge in [-0.3, -0.25) is 0 Å². The predicted octanol–water partition coefficient (Wildman–Crippen LogP) is 3.04. The van der Waals surface area contributed by atoms with Gasteiger partial charge in [-0.15, -0.1) is 0 Å². The fourth-order valence-corrected chi connectivity index (χ4v) is 4.48. The van der Waals surface area contributed by atoms with Gasteiger partial charge in [0.15, 0.2) is 0 Å². The lowest BCUT2D eigenvalue weighted by Crippen LogP contribution is -2.43. The summed E-state index contributed by atoms with van der Waals surface area (Å²) in [4.78, 5) is 0.362. The summed E-state index contributed by atoms with van der Waals surface area (Å²) in [5.41, 5.74) is 0. The molecular weight excluding hydrogens is 274 g/mol. The van der Waals surface area contributed by atoms with Gasteiger partial charge in [0.05, 0.1) is 11.5 Å². The molecule has 1 atom stereocenters. The summed E-state index contributed by atoms with van der Waals surface area (Å²) in [6, 6.07) is 6.87. The molecule has 1 heterocycles. The Morgan fingerprint density at radius 1 is 1.20 bits per heavy atom. The van der Waals surface area contributed by atoms with Gasteiger partial charge in [-0.05, 0) is 50.5 Å². The van der Waals surface area contributed by atoms with Gasteiger partial charge >= 0.3 is 0 Å². The Bertz CT molecular complexity index is 525. The molecule has 0 bridgehead atoms. The first-order chi connectivity index (χ1) is 9.59. The monoisotopic (exact) mass is 297 g/mol. The maximum absolute atomic E-state index is 12.7. The van der Waals surface area contributed by atoms with Crippen molar-refractivity contribution in [3.8, 4) is 5.75 Å². The molecule has 0 amide bonds. The Kier molecular flexibility index (Phi) is 5.05. The third-order valence-electron chi connectivity index (χ3n) is 3.79. The van der Waals surface area contributed by atoms with E-state index >= 15 is 0 Å². The van der Waals surface area contributed by atoms with Crippen LogP contribution in [-0.4, -0.2) is 31.9 Å². The van der Waals surface area contributed by atoms with Crippen molar-refractivity contribution in [3.63, 3.8) is 0 Å². The molecule has 1 aliphatic rings. The second-order valence-electron chi connectivity index (χ2n) is 5.08. The first-order valence-corrected chi connectivity index (χ1v) is 8.78. The van der Waals surface area contributed by atoms with E-state index in [2.05, 4.69) is 6.92 Å². The summed E-state index contributed by atoms with van der Waals surface area (Å²) in [6.07, 6.45) is 3.91. The molecular formula is C15H23NO3S. The minimum absolute atomic E-state index is 0.139. The normalized spacial score (nSPS) is 20.8. The van der Waals surface area contributed by atoms with Gasteiger partial charge in [-0.25, -0.2) is 8.42 Å². The third-order valence-corrected chi connectivity index (χ3v) is 5.75. The van der Waals surface area contributed by atoms with Crippen LogP contribution in [0.3, 0.4) is 0 Å². The lowest BCUT2D eigenvalue weighted by atomic mass is 10.0. The number of sulfonamides is 1. The smallest absolute Gasteiger partial charge is 0.243 e. The van der Waals surface area contributed by atoms with Gasteiger partial charge in [0.25, 0.3) is 0 Å². The van der Waals surface area contributed by atoms with Gasteiger partial charge < -0.3 is 4.74 Å². The zero-order valence-corrected chi connectivity index (χ0v) is 13.0. The van der Waals surface area contributed by atoms with Crippen LogP contribution in [0.1, 0.15) is 39.5 Å². The summed E-state index contributed by atoms with van der Waals surface area (Å²) in [7, 11) is -3.38. The van der Waals surface area contributed by atoms with Gasteiger partial charge in [0, 0.05) is 12.6 Å². The summed E-state index contributed by atoms with van der Waals surface area (Å²) >= 11 is 0. The van der Waals surface area contributed by atoms with Crippen LogP contribution in [0.4, 0.5) is 0 Å². The molecule has 0 spiro atoms. The first kappa shape index (κ1) is 15.3. The van der Waals surface area contributed by atoms with E-state index in [1.807, 2.05) is 6.92 Å². The van der Waals surface area contributed by atoms with Crippen molar-refractivity contribution >= 4 is 10.0 Å². The Labute approximate surface area is 121 Å². The largest absolute Gasteiger partial charge is 0.494 e. The highest BCUT2D eigenvalue weighted by atomic mass is 32.2. The van der Waals surface area contributed by atoms with Gasteiger partial charge in [-0.1, -0.05) is 13.3 Å². The van der Waals surface area contributed by atoms with E-state index in [4.69, 9.17) is 4.74 Å². The number of hydrogen-bond donors (Lipinski definition) is 0. The van der Waals surface area contributed by atoms with Crippen LogP contribution in [0.5, 0.6) is 5.75 Å². The lowest BCUT2D eigenvalue weighted by Gasteiger charge is -2.34. The highest BCUT2D eigenvalue weighted by Gasteiger charge is 2.32. The predicted molar refractivity (Wildman–Crippen MR) is 79.4 cm³/mol. The molecule has 0 saturated carbocycles. The number of rotatable bonds is 5. The average molecular weight is 297 g/mol. The quantitative estimate of drug-likeness (QED) is 0.839. The van der Waals surface area contributed by atoms with Crippen molar-refractivity contribution in [2.24, 2.45) is 0 Å². The molecule has 1 fully saturated rings. The standard InChI is InChI=1S/C15H23NO3S/c1-3-13-7-5-6-12-16(13)20(17,18)15-10-8-14(9-11-15)19-4-2/h8-11,13H,3-7,12H2,1-2H3. The third kappa shape index (κ3) is 3.15. The zero-order valence-electron chi connectivity index (χ0n) is 12.2. The minimum atomic E-state index is -3.38. The molecule has 112 valence electrons. The molecule has 0 aromatic heterocycles. The zero-order chi connectivity index (χ0) is 14.6. The molecule has 1 saturated heterocycles. The van der Waals surface area contributed by atoms with Crippen molar-refractivity contribution in [2.45, 2.75) is 50.5 Å². The van der Waals surface area contributed by atoms with Crippen molar-refractivity contribution in [1.29, 1.82) is 0 Å². The highest BCUT2D eigenvalue weighted by molar-refractivity contribution is 7.89. The SMILES string of the molecule is CCOc1ccc(S(=O)(=O)N2CCCCC2CC)cc1. The molecule has 0 aliphatic carbocycles. The van der Waals surface area contributed by atoms with Crippen molar-refractivity contribution in [1.82, 2.24) is 4.31 Å². The summed E-state index contributed by atoms with van der Waals surface area (Å²) in [5, 5.41) is 0. The van der Waals surface area contributed by atoms with Crippen LogP contribution >= 0.6 is 0 Å². The molecule has 1 aliphatic heterocycles. The first-order valence-electron chi connectivity index (χ1n) is 7.34. The maximum atomic E-state index is 12.7. The Morgan fingerprint density at radius 3 is 2.50 bits per heavy atom. The molecule has 2 rings (SSSR count). The number of nitrogens with zero attached hydrogens (tertiary/aromatic N) is 1. The highest BCUT2D eigenvalue weighted by Crippen LogP contribution is 2.27. The minimum Gasteiger partial charge on any atom is -0.494 e. The van der Waals surface area contributed by atoms with Crippen molar-refractivity contribution < 1.29 is 13.2 Å². The van der Waals surface area contributed by atoms with E-state index < -0.39 is 10.0 Å². The van der Waals surface area contributed by atoms with Crippen LogP contribution in [0.25, 0.3) is 0 Å². The topological polar surface area (TPSA) is 46.6 Å². The molecule has 1 aromatic rings. The summed E-state index contributed by atoms with van der Waals surface area (Å²) < 4.78 is 32.4. The van der Waals surface area contributed by atoms with Crippen LogP contribution in [0.15, 0.2) is 29.2 Å². The van der Waals surface area contributed by atoms with Gasteiger partial charge in [0.2, 0.25) is 10.0 Å². The molecule has 0 radical (unpaired) electrons. The van der Waals surface area contributed by atoms with Crippen LogP contribution in [0, 0.1) is 0 Å². The van der Waals surface area contributed by atoms with Gasteiger partial charge in [0.1, 0.15) is 5.75 Å². The number of hydrogen-bond acceptors (Lipinski definition) is 3. The van der Waals surface area contributed by atoms with E-state index in [9.17, 15) is 8.42 Å². The molecule has 4 nitrogen and oxygen atoms in total. The van der Waals surface area contributed by atoms with Crippen LogP contribution in [-0.2, 0) is 10.0 Å². The van der Waals surface area contributed by atoms with E-state index in [-0.39, 0.29) is 6.04 Å². The second-order valence-corrected chi connectivity index (χ2v) is 6.97. The van der Waals surface area contributed by atoms with Gasteiger partial charge in [-0.2, -0.15) is 4.31 Å². The molecule has 5 heteroatoms. The maximum Gasteiger partial charge on any atom is 0.243 e. The van der Waals surface area contributed by atoms with Crippen LogP contribution < -0.4 is 4.74 Å². The number of ether oxygens (including phenoxy) is 1. The Balaban J connectivity index is 2.24. The molecule has 20 heavy (non-hydrogen) atoms. The van der Waals surface area contributed by atoms with Crippen molar-refractivity contribution in [2.75, 3.05) is 13.2 Å². The molecule has 1 aromatic carbocycles. The lowest BCUT2D eigenvalue weighted by molar-refractivity contribution is 0.246. The summed E-state index contributed by atoms with van der Waals surface area (Å²) in [6.45, 7) is 5.17. The molecule has 0 N–H and O–H groups in total. The van der Waals surface area contributed by atoms with E-state index in [1.165, 1.54) is 0 Å². The average Bonchev–Trinajstić information content (AvgIpc) is 2.48. The van der Waals surface area contributed by atoms with E-state index in [1.54, 1.807) is 28.6 Å². The fraction of sp³-hybridized carbons (Fsp3) is 0.600. The van der Waals surface area contributed by atoms with E-state index in [0.29, 0.717) is 23.8 Å². The number of piperidine rings is 1. The Morgan fingerprint density at radius 2 is 1.90 bits per heavy atom. The second kappa shape index (κ2) is 6.59. The Hall–Kier alpha value is -1.07. The number of benzene rings is 1. The van der Waals surface area contributed by atoms with Crippen LogP contribution in [0.2, 0.25) is 0 Å². The van der Waals surface area contributed by atoms with Crippen molar-refractivity contribution in [3.05, 3.63) is 24.3 Å². The summed E-state index contributed by atoms with van der Waals surface area (Å²) in [5.74, 6) is 0.706.